The topological polar surface area (TPSA) is 125 Å². The van der Waals surface area contributed by atoms with Gasteiger partial charge in [0.2, 0.25) is 5.25 Å². The summed E-state index contributed by atoms with van der Waals surface area (Å²) in [6.45, 7) is 5.52. The van der Waals surface area contributed by atoms with Crippen LogP contribution in [0.3, 0.4) is 0 Å². The first-order valence-electron chi connectivity index (χ1n) is 7.21. The molecule has 0 fully saturated rings. The van der Waals surface area contributed by atoms with E-state index in [0.29, 0.717) is 13.2 Å². The fourth-order valence-electron chi connectivity index (χ4n) is 1.61. The first-order valence-corrected chi connectivity index (χ1v) is 8.72. The molecule has 1 N–H and O–H groups in total. The number of ether oxygens (including phenoxy) is 4. The summed E-state index contributed by atoms with van der Waals surface area (Å²) >= 11 is 0. The minimum absolute atomic E-state index is 0.0863. The third-order valence-corrected chi connectivity index (χ3v) is 3.85. The summed E-state index contributed by atoms with van der Waals surface area (Å²) in [4.78, 5) is 23.3. The van der Waals surface area contributed by atoms with Gasteiger partial charge in [-0.2, -0.15) is 8.42 Å². The normalized spacial score (nSPS) is 14.1. The highest BCUT2D eigenvalue weighted by atomic mass is 32.2. The fraction of sp³-hybridized carbons (Fsp3) is 0.846. The second-order valence-electron chi connectivity index (χ2n) is 4.44. The van der Waals surface area contributed by atoms with Crippen LogP contribution in [0.4, 0.5) is 0 Å². The second-order valence-corrected chi connectivity index (χ2v) is 5.98. The van der Waals surface area contributed by atoms with Gasteiger partial charge in [0.25, 0.3) is 10.1 Å². The predicted octanol–water partition coefficient (Wildman–Crippen LogP) is 0.181. The third kappa shape index (κ3) is 9.49. The molecule has 0 rings (SSSR count). The van der Waals surface area contributed by atoms with Gasteiger partial charge in [-0.15, -0.1) is 0 Å². The molecule has 0 aromatic heterocycles. The lowest BCUT2D eigenvalue weighted by Crippen LogP contribution is -2.43. The van der Waals surface area contributed by atoms with E-state index in [1.807, 2.05) is 0 Å². The zero-order valence-electron chi connectivity index (χ0n) is 13.5. The molecule has 2 unspecified atom stereocenters. The van der Waals surface area contributed by atoms with Crippen LogP contribution in [0.2, 0.25) is 0 Å². The van der Waals surface area contributed by atoms with Gasteiger partial charge in [-0.25, -0.2) is 0 Å². The zero-order valence-corrected chi connectivity index (χ0v) is 14.3. The molecule has 0 aromatic carbocycles. The van der Waals surface area contributed by atoms with Crippen molar-refractivity contribution in [3.8, 4) is 0 Å². The third-order valence-electron chi connectivity index (χ3n) is 2.63. The smallest absolute Gasteiger partial charge is 0.330 e. The quantitative estimate of drug-likeness (QED) is 0.296. The van der Waals surface area contributed by atoms with Crippen molar-refractivity contribution in [3.05, 3.63) is 0 Å². The molecule has 0 aromatic rings. The summed E-state index contributed by atoms with van der Waals surface area (Å²) in [7, 11) is -4.80. The van der Waals surface area contributed by atoms with Crippen LogP contribution in [0, 0.1) is 0 Å². The Bertz CT molecular complexity index is 460. The molecule has 0 amide bonds. The van der Waals surface area contributed by atoms with E-state index in [2.05, 4.69) is 0 Å². The highest BCUT2D eigenvalue weighted by Crippen LogP contribution is 2.12. The van der Waals surface area contributed by atoms with E-state index in [1.165, 1.54) is 6.92 Å². The molecule has 0 saturated carbocycles. The van der Waals surface area contributed by atoms with Gasteiger partial charge in [0.15, 0.2) is 0 Å². The van der Waals surface area contributed by atoms with Gasteiger partial charge in [0.1, 0.15) is 12.7 Å². The Labute approximate surface area is 136 Å². The molecule has 0 aliphatic heterocycles. The van der Waals surface area contributed by atoms with Gasteiger partial charge in [-0.1, -0.05) is 0 Å². The maximum atomic E-state index is 11.8. The number of carbonyl (C=O) groups excluding carboxylic acids is 2. The maximum Gasteiger partial charge on any atom is 0.330 e. The first kappa shape index (κ1) is 21.8. The monoisotopic (exact) mass is 356 g/mol. The van der Waals surface area contributed by atoms with E-state index in [1.54, 1.807) is 13.8 Å². The molecule has 2 atom stereocenters. The summed E-state index contributed by atoms with van der Waals surface area (Å²) in [5, 5.41) is -2.01. The molecule has 0 heterocycles. The Morgan fingerprint density at radius 3 is 2.13 bits per heavy atom. The van der Waals surface area contributed by atoms with E-state index >= 15 is 0 Å². The van der Waals surface area contributed by atoms with Crippen molar-refractivity contribution in [2.45, 2.75) is 38.5 Å². The Hall–Kier alpha value is -1.23. The van der Waals surface area contributed by atoms with Crippen molar-refractivity contribution in [1.82, 2.24) is 0 Å². The van der Waals surface area contributed by atoms with E-state index in [4.69, 9.17) is 18.9 Å². The molecule has 9 nitrogen and oxygen atoms in total. The van der Waals surface area contributed by atoms with Crippen LogP contribution in [0.5, 0.6) is 0 Å². The Morgan fingerprint density at radius 2 is 1.61 bits per heavy atom. The largest absolute Gasteiger partial charge is 0.462 e. The number of hydrogen-bond acceptors (Lipinski definition) is 8. The molecule has 0 radical (unpaired) electrons. The number of carbonyl (C=O) groups is 2. The van der Waals surface area contributed by atoms with Crippen LogP contribution in [0.25, 0.3) is 0 Å². The summed E-state index contributed by atoms with van der Waals surface area (Å²) in [6, 6.07) is 0. The highest BCUT2D eigenvalue weighted by molar-refractivity contribution is 7.87. The van der Waals surface area contributed by atoms with Gasteiger partial charge in [-0.05, 0) is 20.8 Å². The molecular weight excluding hydrogens is 332 g/mol. The van der Waals surface area contributed by atoms with Crippen molar-refractivity contribution < 1.29 is 41.5 Å². The molecule has 0 bridgehead atoms. The molecule has 0 spiro atoms. The van der Waals surface area contributed by atoms with E-state index in [-0.39, 0.29) is 26.2 Å². The minimum Gasteiger partial charge on any atom is -0.462 e. The SMILES string of the molecule is CCOCCOC(=O)C(C(C)OC(=O)CCOCC)S(=O)(=O)O. The van der Waals surface area contributed by atoms with Crippen LogP contribution in [-0.4, -0.2) is 69.3 Å². The standard InChI is InChI=1S/C13H24O9S/c1-4-19-7-6-11(14)22-10(3)12(23(16,17)18)13(15)21-9-8-20-5-2/h10,12H,4-9H2,1-3H3,(H,16,17,18). The van der Waals surface area contributed by atoms with Gasteiger partial charge in [-0.3, -0.25) is 14.1 Å². The lowest BCUT2D eigenvalue weighted by molar-refractivity contribution is -0.155. The first-order chi connectivity index (χ1) is 10.7. The summed E-state index contributed by atoms with van der Waals surface area (Å²) in [5.41, 5.74) is 0. The van der Waals surface area contributed by atoms with E-state index in [0.717, 1.165) is 0 Å². The van der Waals surface area contributed by atoms with Crippen molar-refractivity contribution >= 4 is 22.1 Å². The van der Waals surface area contributed by atoms with E-state index in [9.17, 15) is 22.6 Å². The van der Waals surface area contributed by atoms with Crippen molar-refractivity contribution in [1.29, 1.82) is 0 Å². The fourth-order valence-corrected chi connectivity index (χ4v) is 2.46. The summed E-state index contributed by atoms with van der Waals surface area (Å²) in [6.07, 6.45) is -1.51. The molecular formula is C13H24O9S. The van der Waals surface area contributed by atoms with Crippen LogP contribution < -0.4 is 0 Å². The van der Waals surface area contributed by atoms with Gasteiger partial charge in [0.05, 0.1) is 19.6 Å². The van der Waals surface area contributed by atoms with Gasteiger partial charge >= 0.3 is 11.9 Å². The van der Waals surface area contributed by atoms with Crippen LogP contribution >= 0.6 is 0 Å². The Morgan fingerprint density at radius 1 is 1.04 bits per heavy atom. The van der Waals surface area contributed by atoms with E-state index < -0.39 is 33.4 Å². The highest BCUT2D eigenvalue weighted by Gasteiger charge is 2.40. The molecule has 0 aliphatic carbocycles. The minimum atomic E-state index is -4.80. The number of rotatable bonds is 12. The van der Waals surface area contributed by atoms with Crippen LogP contribution in [-0.2, 0) is 38.7 Å². The number of hydrogen-bond donors (Lipinski definition) is 1. The molecule has 0 aliphatic rings. The van der Waals surface area contributed by atoms with Crippen LogP contribution in [0.15, 0.2) is 0 Å². The summed E-state index contributed by atoms with van der Waals surface area (Å²) in [5.74, 6) is -1.96. The molecule has 10 heteroatoms. The van der Waals surface area contributed by atoms with Crippen LogP contribution in [0.1, 0.15) is 27.2 Å². The average Bonchev–Trinajstić information content (AvgIpc) is 2.42. The Balaban J connectivity index is 4.64. The maximum absolute atomic E-state index is 11.8. The second kappa shape index (κ2) is 11.3. The zero-order chi connectivity index (χ0) is 17.9. The Kier molecular flexibility index (Phi) is 10.7. The number of esters is 2. The lowest BCUT2D eigenvalue weighted by atomic mass is 10.3. The predicted molar refractivity (Wildman–Crippen MR) is 79.5 cm³/mol. The lowest BCUT2D eigenvalue weighted by Gasteiger charge is -2.20. The van der Waals surface area contributed by atoms with Crippen molar-refractivity contribution in [2.75, 3.05) is 33.0 Å². The van der Waals surface area contributed by atoms with Gasteiger partial charge in [0, 0.05) is 13.2 Å². The van der Waals surface area contributed by atoms with Crippen molar-refractivity contribution in [3.63, 3.8) is 0 Å². The van der Waals surface area contributed by atoms with Crippen molar-refractivity contribution in [2.24, 2.45) is 0 Å². The summed E-state index contributed by atoms with van der Waals surface area (Å²) < 4.78 is 51.3. The van der Waals surface area contributed by atoms with Gasteiger partial charge < -0.3 is 18.9 Å². The average molecular weight is 356 g/mol. The molecule has 23 heavy (non-hydrogen) atoms. The molecule has 0 saturated heterocycles. The molecule has 136 valence electrons.